The first-order valence-corrected chi connectivity index (χ1v) is 6.54. The zero-order chi connectivity index (χ0) is 13.7. The molecule has 0 saturated heterocycles. The molecule has 0 unspecified atom stereocenters. The Hall–Kier alpha value is -2.09. The Labute approximate surface area is 113 Å². The molecule has 0 aliphatic heterocycles. The van der Waals surface area contributed by atoms with Gasteiger partial charge in [-0.05, 0) is 29.5 Å². The molecule has 0 fully saturated rings. The van der Waals surface area contributed by atoms with Gasteiger partial charge in [0.2, 0.25) is 5.16 Å². The summed E-state index contributed by atoms with van der Waals surface area (Å²) in [4.78, 5) is 10.5. The lowest BCUT2D eigenvalue weighted by atomic mass is 10.3. The number of tetrazole rings is 1. The second-order valence-electron chi connectivity index (χ2n) is 3.43. The molecule has 0 spiro atoms. The molecular weight excluding hydrogens is 268 g/mol. The summed E-state index contributed by atoms with van der Waals surface area (Å²) >= 11 is 0.993. The van der Waals surface area contributed by atoms with Crippen LogP contribution in [0.3, 0.4) is 0 Å². The first-order valence-electron chi connectivity index (χ1n) is 5.55. The summed E-state index contributed by atoms with van der Waals surface area (Å²) < 4.78 is 6.93. The minimum Gasteiger partial charge on any atom is -0.549 e. The Bertz CT molecular complexity index is 573. The number of ether oxygens (including phenoxy) is 1. The van der Waals surface area contributed by atoms with Crippen LogP contribution < -0.4 is 9.84 Å². The van der Waals surface area contributed by atoms with Gasteiger partial charge in [0.1, 0.15) is 11.4 Å². The molecule has 2 aromatic rings. The lowest BCUT2D eigenvalue weighted by Gasteiger charge is -2.10. The molecule has 1 aromatic carbocycles. The monoisotopic (exact) mass is 279 g/mol. The summed E-state index contributed by atoms with van der Waals surface area (Å²) in [5.74, 6) is -0.748. The number of carbonyl (C=O) groups is 1. The number of nitrogens with zero attached hydrogens (tertiary/aromatic N) is 4. The predicted molar refractivity (Wildman–Crippen MR) is 66.1 cm³/mol. The minimum absolute atomic E-state index is 0.211. The number of rotatable bonds is 6. The van der Waals surface area contributed by atoms with Crippen molar-refractivity contribution in [2.24, 2.45) is 0 Å². The van der Waals surface area contributed by atoms with E-state index in [0.29, 0.717) is 23.2 Å². The fourth-order valence-electron chi connectivity index (χ4n) is 1.45. The average Bonchev–Trinajstić information content (AvgIpc) is 2.85. The number of aromatic nitrogens is 4. The number of carboxylic acid groups (broad SMARTS) is 1. The smallest absolute Gasteiger partial charge is 0.214 e. The van der Waals surface area contributed by atoms with E-state index >= 15 is 0 Å². The van der Waals surface area contributed by atoms with Crippen LogP contribution in [-0.4, -0.2) is 38.5 Å². The number of carboxylic acids is 1. The summed E-state index contributed by atoms with van der Waals surface area (Å²) in [6.07, 6.45) is 0. The van der Waals surface area contributed by atoms with Crippen molar-refractivity contribution in [2.75, 3.05) is 12.4 Å². The quantitative estimate of drug-likeness (QED) is 0.682. The van der Waals surface area contributed by atoms with Crippen LogP contribution >= 0.6 is 11.8 Å². The number of thioether (sulfide) groups is 1. The maximum atomic E-state index is 10.5. The van der Waals surface area contributed by atoms with Crippen molar-refractivity contribution in [1.29, 1.82) is 0 Å². The maximum Gasteiger partial charge on any atom is 0.214 e. The van der Waals surface area contributed by atoms with Crippen LogP contribution in [0.1, 0.15) is 6.92 Å². The molecular formula is C11H11N4O3S-. The van der Waals surface area contributed by atoms with Crippen LogP contribution in [-0.2, 0) is 4.79 Å². The molecule has 8 heteroatoms. The van der Waals surface area contributed by atoms with E-state index in [1.807, 2.05) is 19.1 Å². The third kappa shape index (κ3) is 3.22. The van der Waals surface area contributed by atoms with Crippen LogP contribution in [0, 0.1) is 0 Å². The largest absolute Gasteiger partial charge is 0.549 e. The van der Waals surface area contributed by atoms with Gasteiger partial charge in [-0.3, -0.25) is 0 Å². The fourth-order valence-corrected chi connectivity index (χ4v) is 2.05. The Morgan fingerprint density at radius 1 is 1.47 bits per heavy atom. The molecule has 100 valence electrons. The number of benzene rings is 1. The van der Waals surface area contributed by atoms with Crippen LogP contribution in [0.25, 0.3) is 5.69 Å². The first-order chi connectivity index (χ1) is 9.22. The second kappa shape index (κ2) is 6.19. The van der Waals surface area contributed by atoms with E-state index in [0.717, 1.165) is 11.8 Å². The van der Waals surface area contributed by atoms with E-state index in [9.17, 15) is 9.90 Å². The van der Waals surface area contributed by atoms with Crippen molar-refractivity contribution in [1.82, 2.24) is 20.2 Å². The van der Waals surface area contributed by atoms with Crippen molar-refractivity contribution >= 4 is 17.7 Å². The van der Waals surface area contributed by atoms with Gasteiger partial charge >= 0.3 is 0 Å². The molecule has 2 rings (SSSR count). The third-order valence-corrected chi connectivity index (χ3v) is 3.05. The van der Waals surface area contributed by atoms with Gasteiger partial charge in [0.25, 0.3) is 0 Å². The molecule has 0 amide bonds. The van der Waals surface area contributed by atoms with E-state index in [4.69, 9.17) is 4.74 Å². The molecule has 0 atom stereocenters. The Kier molecular flexibility index (Phi) is 4.35. The highest BCUT2D eigenvalue weighted by atomic mass is 32.2. The molecule has 19 heavy (non-hydrogen) atoms. The van der Waals surface area contributed by atoms with Gasteiger partial charge in [0, 0.05) is 5.75 Å². The van der Waals surface area contributed by atoms with Crippen molar-refractivity contribution in [3.8, 4) is 11.4 Å². The van der Waals surface area contributed by atoms with Crippen LogP contribution in [0.5, 0.6) is 5.75 Å². The average molecular weight is 279 g/mol. The Balaban J connectivity index is 2.31. The van der Waals surface area contributed by atoms with Gasteiger partial charge in [0.15, 0.2) is 0 Å². The third-order valence-electron chi connectivity index (χ3n) is 2.15. The van der Waals surface area contributed by atoms with Gasteiger partial charge in [-0.15, -0.1) is 5.10 Å². The summed E-state index contributed by atoms with van der Waals surface area (Å²) in [6.45, 7) is 2.39. The fraction of sp³-hybridized carbons (Fsp3) is 0.273. The second-order valence-corrected chi connectivity index (χ2v) is 4.38. The van der Waals surface area contributed by atoms with Crippen molar-refractivity contribution in [2.45, 2.75) is 12.1 Å². The molecule has 0 saturated carbocycles. The summed E-state index contributed by atoms with van der Waals surface area (Å²) in [5, 5.41) is 22.0. The molecule has 0 bridgehead atoms. The Morgan fingerprint density at radius 3 is 3.00 bits per heavy atom. The van der Waals surface area contributed by atoms with E-state index in [1.54, 1.807) is 12.1 Å². The number of carbonyl (C=O) groups excluding carboxylic acids is 1. The molecule has 1 aromatic heterocycles. The topological polar surface area (TPSA) is 93.0 Å². The maximum absolute atomic E-state index is 10.5. The normalized spacial score (nSPS) is 10.4. The molecule has 7 nitrogen and oxygen atoms in total. The van der Waals surface area contributed by atoms with Crippen molar-refractivity contribution in [3.05, 3.63) is 24.3 Å². The zero-order valence-electron chi connectivity index (χ0n) is 10.1. The van der Waals surface area contributed by atoms with Gasteiger partial charge < -0.3 is 14.6 Å². The van der Waals surface area contributed by atoms with E-state index < -0.39 is 5.97 Å². The first kappa shape index (κ1) is 13.3. The number of hydrogen-bond acceptors (Lipinski definition) is 7. The van der Waals surface area contributed by atoms with Crippen molar-refractivity contribution < 1.29 is 14.6 Å². The van der Waals surface area contributed by atoms with Crippen LogP contribution in [0.2, 0.25) is 0 Å². The predicted octanol–water partition coefficient (Wildman–Crippen LogP) is -0.0970. The van der Waals surface area contributed by atoms with Gasteiger partial charge in [-0.1, -0.05) is 23.9 Å². The summed E-state index contributed by atoms with van der Waals surface area (Å²) in [5.41, 5.74) is 0.662. The molecule has 0 radical (unpaired) electrons. The highest BCUT2D eigenvalue weighted by Gasteiger charge is 2.12. The summed E-state index contributed by atoms with van der Waals surface area (Å²) in [7, 11) is 0. The number of hydrogen-bond donors (Lipinski definition) is 0. The number of aliphatic carboxylic acids is 1. The lowest BCUT2D eigenvalue weighted by molar-refractivity contribution is -0.301. The molecule has 1 heterocycles. The van der Waals surface area contributed by atoms with Gasteiger partial charge in [-0.2, -0.15) is 4.68 Å². The van der Waals surface area contributed by atoms with E-state index in [2.05, 4.69) is 15.5 Å². The van der Waals surface area contributed by atoms with Crippen molar-refractivity contribution in [3.63, 3.8) is 0 Å². The van der Waals surface area contributed by atoms with Crippen LogP contribution in [0.15, 0.2) is 29.4 Å². The van der Waals surface area contributed by atoms with Gasteiger partial charge in [-0.25, -0.2) is 0 Å². The SMILES string of the molecule is CCOc1ccccc1-n1nnnc1SCC(=O)[O-]. The minimum atomic E-state index is -1.17. The van der Waals surface area contributed by atoms with E-state index in [1.165, 1.54) is 4.68 Å². The Morgan fingerprint density at radius 2 is 2.26 bits per heavy atom. The van der Waals surface area contributed by atoms with E-state index in [-0.39, 0.29) is 5.75 Å². The highest BCUT2D eigenvalue weighted by Crippen LogP contribution is 2.25. The summed E-state index contributed by atoms with van der Waals surface area (Å²) in [6, 6.07) is 7.26. The zero-order valence-corrected chi connectivity index (χ0v) is 11.0. The highest BCUT2D eigenvalue weighted by molar-refractivity contribution is 7.99. The van der Waals surface area contributed by atoms with Gasteiger partial charge in [0.05, 0.1) is 12.6 Å². The number of para-hydroxylation sites is 2. The molecule has 0 aliphatic carbocycles. The van der Waals surface area contributed by atoms with Crippen LogP contribution in [0.4, 0.5) is 0 Å². The standard InChI is InChI=1S/C11H12N4O3S/c1-2-18-9-6-4-3-5-8(9)15-11(12-13-14-15)19-7-10(16)17/h3-6H,2,7H2,1H3,(H,16,17)/p-1. The molecule has 0 N–H and O–H groups in total. The molecule has 0 aliphatic rings. The lowest BCUT2D eigenvalue weighted by Crippen LogP contribution is -2.24.